The number of hydrazine groups is 1. The lowest BCUT2D eigenvalue weighted by Crippen LogP contribution is -2.36. The molecule has 0 amide bonds. The second-order valence-electron chi connectivity index (χ2n) is 9.86. The van der Waals surface area contributed by atoms with E-state index >= 15 is 0 Å². The SMILES string of the molecule is O=C(O)Cc1ccc(-c2nc(C3CCc4cc(-c5cc(Cl)ccc5N5C=NCCCN5)cc(=O)n43)[nH]c2Cl)cc1. The van der Waals surface area contributed by atoms with Crippen molar-refractivity contribution in [3.05, 3.63) is 92.2 Å². The van der Waals surface area contributed by atoms with Crippen molar-refractivity contribution in [2.24, 2.45) is 4.99 Å². The predicted molar refractivity (Wildman–Crippen MR) is 156 cm³/mol. The molecule has 0 radical (unpaired) electrons. The number of imidazole rings is 1. The zero-order chi connectivity index (χ0) is 27.8. The molecule has 0 saturated carbocycles. The van der Waals surface area contributed by atoms with E-state index in [0.717, 1.165) is 47.6 Å². The zero-order valence-electron chi connectivity index (χ0n) is 21.4. The van der Waals surface area contributed by atoms with Gasteiger partial charge in [0.15, 0.2) is 0 Å². The molecule has 204 valence electrons. The van der Waals surface area contributed by atoms with Crippen LogP contribution >= 0.6 is 23.2 Å². The van der Waals surface area contributed by atoms with Crippen molar-refractivity contribution >= 4 is 41.2 Å². The van der Waals surface area contributed by atoms with E-state index in [9.17, 15) is 9.59 Å². The number of halogens is 2. The number of aliphatic carboxylic acids is 1. The number of benzene rings is 2. The second kappa shape index (κ2) is 10.9. The smallest absolute Gasteiger partial charge is 0.307 e. The quantitative estimate of drug-likeness (QED) is 0.293. The first-order valence-corrected chi connectivity index (χ1v) is 13.8. The molecule has 0 fully saturated rings. The number of hydrogen-bond acceptors (Lipinski definition) is 6. The molecule has 0 spiro atoms. The fraction of sp³-hybridized carbons (Fsp3) is 0.241. The zero-order valence-corrected chi connectivity index (χ0v) is 22.9. The van der Waals surface area contributed by atoms with Gasteiger partial charge in [-0.25, -0.2) is 10.4 Å². The van der Waals surface area contributed by atoms with Crippen LogP contribution in [0.15, 0.2) is 64.4 Å². The largest absolute Gasteiger partial charge is 0.481 e. The van der Waals surface area contributed by atoms with Gasteiger partial charge in [0, 0.05) is 41.0 Å². The summed E-state index contributed by atoms with van der Waals surface area (Å²) in [6, 6.07) is 16.1. The van der Waals surface area contributed by atoms with E-state index in [0.29, 0.717) is 40.1 Å². The normalized spacial score (nSPS) is 16.6. The van der Waals surface area contributed by atoms with Gasteiger partial charge in [0.05, 0.1) is 18.2 Å². The molecule has 2 aromatic carbocycles. The molecule has 2 aliphatic rings. The highest BCUT2D eigenvalue weighted by Gasteiger charge is 2.29. The number of fused-ring (bicyclic) bond motifs is 1. The third-order valence-electron chi connectivity index (χ3n) is 7.18. The highest BCUT2D eigenvalue weighted by Crippen LogP contribution is 2.37. The Kier molecular flexibility index (Phi) is 7.18. The Morgan fingerprint density at radius 3 is 2.70 bits per heavy atom. The molecule has 0 saturated heterocycles. The van der Waals surface area contributed by atoms with Gasteiger partial charge >= 0.3 is 5.97 Å². The Bertz CT molecular complexity index is 1680. The lowest BCUT2D eigenvalue weighted by Gasteiger charge is -2.23. The summed E-state index contributed by atoms with van der Waals surface area (Å²) >= 11 is 12.9. The summed E-state index contributed by atoms with van der Waals surface area (Å²) in [4.78, 5) is 36.9. The van der Waals surface area contributed by atoms with Gasteiger partial charge in [-0.15, -0.1) is 0 Å². The number of aryl methyl sites for hydroxylation is 1. The third kappa shape index (κ3) is 5.15. The highest BCUT2D eigenvalue weighted by atomic mass is 35.5. The maximum Gasteiger partial charge on any atom is 0.307 e. The molecule has 2 aromatic heterocycles. The van der Waals surface area contributed by atoms with Gasteiger partial charge in [-0.1, -0.05) is 47.5 Å². The van der Waals surface area contributed by atoms with Crippen molar-refractivity contribution in [2.45, 2.75) is 31.7 Å². The summed E-state index contributed by atoms with van der Waals surface area (Å²) in [6.45, 7) is 1.54. The Morgan fingerprint density at radius 2 is 1.90 bits per heavy atom. The maximum absolute atomic E-state index is 13.6. The standard InChI is InChI=1S/C29H26Cl2N6O3/c30-20-6-8-23(36-16-32-10-1-11-33-36)22(15-20)19-13-21-7-9-24(37(21)25(38)14-19)29-34-27(28(31)35-29)18-4-2-17(3-5-18)12-26(39)40/h2-6,8,13-16,24,33H,1,7,9-12H2,(H,34,35)(H,39,40). The Labute approximate surface area is 240 Å². The summed E-state index contributed by atoms with van der Waals surface area (Å²) < 4.78 is 1.77. The number of rotatable bonds is 6. The number of hydrogen-bond donors (Lipinski definition) is 3. The van der Waals surface area contributed by atoms with Crippen LogP contribution in [-0.4, -0.2) is 45.0 Å². The first-order chi connectivity index (χ1) is 19.4. The number of nitrogens with zero attached hydrogens (tertiary/aromatic N) is 4. The van der Waals surface area contributed by atoms with Gasteiger partial charge in [-0.05, 0) is 54.7 Å². The molecule has 40 heavy (non-hydrogen) atoms. The number of aromatic amines is 1. The van der Waals surface area contributed by atoms with Crippen LogP contribution in [0, 0.1) is 0 Å². The van der Waals surface area contributed by atoms with E-state index in [-0.39, 0.29) is 18.0 Å². The number of H-pyrrole nitrogens is 1. The number of aromatic nitrogens is 3. The van der Waals surface area contributed by atoms with Gasteiger partial charge in [-0.3, -0.25) is 19.6 Å². The topological polar surface area (TPSA) is 116 Å². The summed E-state index contributed by atoms with van der Waals surface area (Å²) in [6.07, 6.45) is 4.05. The number of anilines is 1. The van der Waals surface area contributed by atoms with Crippen molar-refractivity contribution in [2.75, 3.05) is 18.1 Å². The van der Waals surface area contributed by atoms with Gasteiger partial charge in [0.2, 0.25) is 0 Å². The number of aliphatic imine (C=N–C) groups is 1. The van der Waals surface area contributed by atoms with E-state index in [1.165, 1.54) is 0 Å². The average Bonchev–Trinajstić information content (AvgIpc) is 3.42. The first kappa shape index (κ1) is 26.3. The number of carbonyl (C=O) groups is 1. The third-order valence-corrected chi connectivity index (χ3v) is 7.69. The molecule has 3 N–H and O–H groups in total. The molecule has 4 aromatic rings. The van der Waals surface area contributed by atoms with Crippen molar-refractivity contribution < 1.29 is 9.90 Å². The van der Waals surface area contributed by atoms with Crippen molar-refractivity contribution in [1.29, 1.82) is 0 Å². The van der Waals surface area contributed by atoms with Gasteiger partial charge in [-0.2, -0.15) is 0 Å². The van der Waals surface area contributed by atoms with Crippen molar-refractivity contribution in [3.63, 3.8) is 0 Å². The molecular formula is C29H26Cl2N6O3. The van der Waals surface area contributed by atoms with Gasteiger partial charge in [0.1, 0.15) is 23.0 Å². The fourth-order valence-corrected chi connectivity index (χ4v) is 5.75. The van der Waals surface area contributed by atoms with Crippen LogP contribution in [0.4, 0.5) is 5.69 Å². The molecule has 4 heterocycles. The molecule has 0 aliphatic carbocycles. The molecular weight excluding hydrogens is 551 g/mol. The van der Waals surface area contributed by atoms with E-state index in [4.69, 9.17) is 33.3 Å². The first-order valence-electron chi connectivity index (χ1n) is 13.0. The monoisotopic (exact) mass is 576 g/mol. The molecule has 9 nitrogen and oxygen atoms in total. The minimum atomic E-state index is -0.889. The van der Waals surface area contributed by atoms with E-state index in [1.807, 2.05) is 29.3 Å². The second-order valence-corrected chi connectivity index (χ2v) is 10.7. The number of pyridine rings is 1. The molecule has 6 rings (SSSR count). The van der Waals surface area contributed by atoms with Crippen LogP contribution in [0.1, 0.15) is 36.0 Å². The Morgan fingerprint density at radius 1 is 1.07 bits per heavy atom. The molecule has 1 atom stereocenters. The van der Waals surface area contributed by atoms with Crippen LogP contribution in [0.25, 0.3) is 22.4 Å². The summed E-state index contributed by atoms with van der Waals surface area (Å²) in [5.74, 6) is -0.281. The van der Waals surface area contributed by atoms with Crippen LogP contribution in [0.5, 0.6) is 0 Å². The Hall–Kier alpha value is -3.92. The van der Waals surface area contributed by atoms with Crippen molar-refractivity contribution in [1.82, 2.24) is 20.0 Å². The van der Waals surface area contributed by atoms with Gasteiger partial charge < -0.3 is 14.7 Å². The van der Waals surface area contributed by atoms with Gasteiger partial charge in [0.25, 0.3) is 5.56 Å². The van der Waals surface area contributed by atoms with Crippen LogP contribution in [0.2, 0.25) is 10.2 Å². The molecule has 11 heteroatoms. The molecule has 2 aliphatic heterocycles. The number of nitrogens with one attached hydrogen (secondary N) is 2. The maximum atomic E-state index is 13.6. The summed E-state index contributed by atoms with van der Waals surface area (Å²) in [5, 5.41) is 11.9. The lowest BCUT2D eigenvalue weighted by atomic mass is 10.0. The number of carboxylic acid groups (broad SMARTS) is 1. The Balaban J connectivity index is 1.33. The van der Waals surface area contributed by atoms with Crippen LogP contribution in [0.3, 0.4) is 0 Å². The summed E-state index contributed by atoms with van der Waals surface area (Å²) in [5.41, 5.74) is 8.64. The minimum Gasteiger partial charge on any atom is -0.481 e. The lowest BCUT2D eigenvalue weighted by molar-refractivity contribution is -0.136. The predicted octanol–water partition coefficient (Wildman–Crippen LogP) is 5.12. The molecule has 1 unspecified atom stereocenters. The number of carboxylic acids is 1. The molecule has 0 bridgehead atoms. The van der Waals surface area contributed by atoms with Crippen molar-refractivity contribution in [3.8, 4) is 22.4 Å². The average molecular weight is 577 g/mol. The van der Waals surface area contributed by atoms with Crippen LogP contribution in [-0.2, 0) is 17.6 Å². The fourth-order valence-electron chi connectivity index (χ4n) is 5.33. The minimum absolute atomic E-state index is 0.0532. The van der Waals surface area contributed by atoms with Crippen LogP contribution < -0.4 is 16.0 Å². The van der Waals surface area contributed by atoms with E-state index in [2.05, 4.69) is 15.4 Å². The van der Waals surface area contributed by atoms with E-state index in [1.54, 1.807) is 41.2 Å². The van der Waals surface area contributed by atoms with E-state index < -0.39 is 5.97 Å². The highest BCUT2D eigenvalue weighted by molar-refractivity contribution is 6.32. The summed E-state index contributed by atoms with van der Waals surface area (Å²) in [7, 11) is 0.